The van der Waals surface area contributed by atoms with Crippen LogP contribution >= 0.6 is 0 Å². The monoisotopic (exact) mass is 647 g/mol. The van der Waals surface area contributed by atoms with Crippen molar-refractivity contribution in [1.82, 2.24) is 39.5 Å². The van der Waals surface area contributed by atoms with Gasteiger partial charge in [0.05, 0.1) is 29.7 Å². The first-order valence-corrected chi connectivity index (χ1v) is 16.8. The van der Waals surface area contributed by atoms with Crippen molar-refractivity contribution in [2.75, 3.05) is 39.0 Å². The highest BCUT2D eigenvalue weighted by Crippen LogP contribution is 2.39. The van der Waals surface area contributed by atoms with Gasteiger partial charge in [0.25, 0.3) is 0 Å². The number of aryl methyl sites for hydroxylation is 1. The molecule has 1 fully saturated rings. The number of rotatable bonds is 6. The number of pyridine rings is 1. The van der Waals surface area contributed by atoms with Crippen molar-refractivity contribution in [3.05, 3.63) is 101 Å². The molecule has 1 aliphatic carbocycles. The number of ether oxygens (including phenoxy) is 1. The molecule has 2 aliphatic rings. The van der Waals surface area contributed by atoms with Crippen LogP contribution in [0.4, 0.5) is 10.6 Å². The molecule has 3 atom stereocenters. The summed E-state index contributed by atoms with van der Waals surface area (Å²) in [6.07, 6.45) is 3.34. The minimum Gasteiger partial charge on any atom is -0.484 e. The lowest BCUT2D eigenvalue weighted by atomic mass is 9.85. The number of nitrogens with zero attached hydrogens (tertiary/aromatic N) is 7. The Hall–Kier alpha value is -4.74. The van der Waals surface area contributed by atoms with Gasteiger partial charge in [-0.05, 0) is 69.3 Å². The van der Waals surface area contributed by atoms with E-state index in [-0.39, 0.29) is 29.6 Å². The van der Waals surface area contributed by atoms with E-state index in [1.54, 1.807) is 4.68 Å². The van der Waals surface area contributed by atoms with E-state index in [4.69, 9.17) is 9.84 Å². The van der Waals surface area contributed by atoms with Gasteiger partial charge in [-0.1, -0.05) is 62.7 Å². The molecule has 3 aromatic heterocycles. The van der Waals surface area contributed by atoms with Crippen LogP contribution in [0.5, 0.6) is 5.75 Å². The van der Waals surface area contributed by atoms with Crippen LogP contribution in [0.2, 0.25) is 0 Å². The molecule has 0 spiro atoms. The van der Waals surface area contributed by atoms with E-state index in [1.165, 1.54) is 0 Å². The van der Waals surface area contributed by atoms with E-state index in [2.05, 4.69) is 89.0 Å². The maximum Gasteiger partial charge on any atom is 0.320 e. The number of fused-ring (bicyclic) bond motifs is 2. The van der Waals surface area contributed by atoms with Gasteiger partial charge in [0, 0.05) is 31.1 Å². The summed E-state index contributed by atoms with van der Waals surface area (Å²) in [7, 11) is 4.29. The van der Waals surface area contributed by atoms with Crippen molar-refractivity contribution >= 4 is 17.5 Å². The standard InChI is InChI=1S/C37H45N9O2/c1-24-11-13-25(14-12-24)46-34(21-32(42-46)37(2,3)4)39-36(47)38-29-16-17-31(28-10-8-7-9-27(28)29)48-26-15-18-33-40-41-35(45(33)22-26)30-23-43(5)19-20-44(30)6/h7-15,18,21-22,29-31H,16-17,19-20,23H2,1-6H3,(H2,38,39,47)/t29-,30?,31+/m0/s1. The van der Waals surface area contributed by atoms with Gasteiger partial charge < -0.3 is 15.0 Å². The van der Waals surface area contributed by atoms with E-state index in [1.807, 2.05) is 60.8 Å². The third-order valence-electron chi connectivity index (χ3n) is 9.57. The number of carbonyl (C=O) groups is 1. The summed E-state index contributed by atoms with van der Waals surface area (Å²) in [4.78, 5) is 18.2. The summed E-state index contributed by atoms with van der Waals surface area (Å²) < 4.78 is 10.5. The number of benzene rings is 2. The van der Waals surface area contributed by atoms with Crippen molar-refractivity contribution < 1.29 is 9.53 Å². The lowest BCUT2D eigenvalue weighted by Crippen LogP contribution is -2.45. The Bertz CT molecular complexity index is 1920. The third kappa shape index (κ3) is 6.40. The van der Waals surface area contributed by atoms with Crippen molar-refractivity contribution in [3.8, 4) is 11.4 Å². The van der Waals surface area contributed by atoms with Gasteiger partial charge in [-0.3, -0.25) is 14.6 Å². The number of anilines is 1. The van der Waals surface area contributed by atoms with Gasteiger partial charge in [0.15, 0.2) is 11.5 Å². The fourth-order valence-electron chi connectivity index (χ4n) is 6.69. The van der Waals surface area contributed by atoms with Gasteiger partial charge in [0.1, 0.15) is 17.7 Å². The first-order chi connectivity index (χ1) is 23.0. The molecule has 2 N–H and O–H groups in total. The minimum atomic E-state index is -0.271. The lowest BCUT2D eigenvalue weighted by molar-refractivity contribution is 0.109. The van der Waals surface area contributed by atoms with Crippen LogP contribution in [-0.2, 0) is 5.41 Å². The molecular weight excluding hydrogens is 602 g/mol. The molecule has 11 heteroatoms. The topological polar surface area (TPSA) is 105 Å². The highest BCUT2D eigenvalue weighted by molar-refractivity contribution is 5.89. The Labute approximate surface area is 281 Å². The highest BCUT2D eigenvalue weighted by atomic mass is 16.5. The molecule has 1 saturated heterocycles. The number of hydrogen-bond acceptors (Lipinski definition) is 7. The Morgan fingerprint density at radius 1 is 0.938 bits per heavy atom. The molecule has 7 rings (SSSR count). The maximum absolute atomic E-state index is 13.5. The molecule has 0 radical (unpaired) electrons. The molecule has 0 bridgehead atoms. The Morgan fingerprint density at radius 2 is 1.71 bits per heavy atom. The van der Waals surface area contributed by atoms with Crippen LogP contribution in [0, 0.1) is 6.92 Å². The average Bonchev–Trinajstić information content (AvgIpc) is 3.68. The molecule has 5 aromatic rings. The predicted molar refractivity (Wildman–Crippen MR) is 187 cm³/mol. The van der Waals surface area contributed by atoms with Crippen molar-refractivity contribution in [2.45, 2.75) is 64.1 Å². The highest BCUT2D eigenvalue weighted by Gasteiger charge is 2.31. The number of nitrogens with one attached hydrogen (secondary N) is 2. The largest absolute Gasteiger partial charge is 0.484 e. The van der Waals surface area contributed by atoms with Crippen LogP contribution in [-0.4, -0.2) is 73.9 Å². The third-order valence-corrected chi connectivity index (χ3v) is 9.57. The van der Waals surface area contributed by atoms with Crippen LogP contribution in [0.1, 0.15) is 80.0 Å². The van der Waals surface area contributed by atoms with Crippen LogP contribution < -0.4 is 15.4 Å². The lowest BCUT2D eigenvalue weighted by Gasteiger charge is -2.36. The zero-order valence-electron chi connectivity index (χ0n) is 28.6. The smallest absolute Gasteiger partial charge is 0.320 e. The average molecular weight is 648 g/mol. The predicted octanol–water partition coefficient (Wildman–Crippen LogP) is 6.22. The number of piperazine rings is 1. The molecule has 0 saturated carbocycles. The van der Waals surface area contributed by atoms with E-state index < -0.39 is 0 Å². The fourth-order valence-corrected chi connectivity index (χ4v) is 6.69. The van der Waals surface area contributed by atoms with Crippen LogP contribution in [0.3, 0.4) is 0 Å². The number of likely N-dealkylation sites (N-methyl/N-ethyl adjacent to an activating group) is 2. The Morgan fingerprint density at radius 3 is 2.48 bits per heavy atom. The summed E-state index contributed by atoms with van der Waals surface area (Å²) in [5.74, 6) is 2.31. The second-order valence-corrected chi connectivity index (χ2v) is 14.3. The zero-order valence-corrected chi connectivity index (χ0v) is 28.6. The van der Waals surface area contributed by atoms with E-state index in [0.29, 0.717) is 5.82 Å². The number of aromatic nitrogens is 5. The molecule has 1 aliphatic heterocycles. The molecule has 2 amide bonds. The van der Waals surface area contributed by atoms with Gasteiger partial charge in [-0.15, -0.1) is 10.2 Å². The number of urea groups is 1. The van der Waals surface area contributed by atoms with Gasteiger partial charge in [0.2, 0.25) is 0 Å². The molecular formula is C37H45N9O2. The van der Waals surface area contributed by atoms with E-state index in [0.717, 1.165) is 77.8 Å². The summed E-state index contributed by atoms with van der Waals surface area (Å²) in [6, 6.07) is 22.0. The summed E-state index contributed by atoms with van der Waals surface area (Å²) in [6.45, 7) is 11.3. The molecule has 48 heavy (non-hydrogen) atoms. The molecule has 250 valence electrons. The Kier molecular flexibility index (Phi) is 8.43. The minimum absolute atomic E-state index is 0.151. The van der Waals surface area contributed by atoms with Crippen LogP contribution in [0.15, 0.2) is 72.9 Å². The number of carbonyl (C=O) groups excluding carboxylic acids is 1. The number of hydrogen-bond donors (Lipinski definition) is 2. The van der Waals surface area contributed by atoms with Crippen molar-refractivity contribution in [1.29, 1.82) is 0 Å². The van der Waals surface area contributed by atoms with E-state index in [9.17, 15) is 4.79 Å². The van der Waals surface area contributed by atoms with Crippen molar-refractivity contribution in [2.24, 2.45) is 0 Å². The fraction of sp³-hybridized carbons (Fsp3) is 0.405. The second-order valence-electron chi connectivity index (χ2n) is 14.3. The first kappa shape index (κ1) is 31.8. The van der Waals surface area contributed by atoms with Crippen molar-refractivity contribution in [3.63, 3.8) is 0 Å². The summed E-state index contributed by atoms with van der Waals surface area (Å²) >= 11 is 0. The van der Waals surface area contributed by atoms with Gasteiger partial charge in [-0.2, -0.15) is 5.10 Å². The van der Waals surface area contributed by atoms with E-state index >= 15 is 0 Å². The normalized spacial score (nSPS) is 20.4. The Balaban J connectivity index is 1.09. The maximum atomic E-state index is 13.5. The van der Waals surface area contributed by atoms with Gasteiger partial charge in [-0.25, -0.2) is 9.48 Å². The molecule has 11 nitrogen and oxygen atoms in total. The molecule has 4 heterocycles. The quantitative estimate of drug-likeness (QED) is 0.226. The summed E-state index contributed by atoms with van der Waals surface area (Å²) in [5, 5.41) is 20.2. The zero-order chi connectivity index (χ0) is 33.6. The molecule has 2 aromatic carbocycles. The summed E-state index contributed by atoms with van der Waals surface area (Å²) in [5.41, 5.74) is 5.72. The second kappa shape index (κ2) is 12.7. The number of amides is 2. The van der Waals surface area contributed by atoms with Gasteiger partial charge >= 0.3 is 6.03 Å². The molecule has 1 unspecified atom stereocenters. The SMILES string of the molecule is Cc1ccc(-n2nc(C(C)(C)C)cc2NC(=O)N[C@H]2CC[C@@H](Oc3ccc4nnc(C5CN(C)CCN5C)n4c3)c3ccccc32)cc1. The van der Waals surface area contributed by atoms with Crippen LogP contribution in [0.25, 0.3) is 11.3 Å². The first-order valence-electron chi connectivity index (χ1n) is 16.8.